The van der Waals surface area contributed by atoms with Gasteiger partial charge in [0.25, 0.3) is 0 Å². The third kappa shape index (κ3) is 5.32. The average molecular weight is 401 g/mol. The van der Waals surface area contributed by atoms with Gasteiger partial charge in [-0.05, 0) is 23.3 Å². The molecule has 1 fully saturated rings. The first-order chi connectivity index (χ1) is 13.6. The summed E-state index contributed by atoms with van der Waals surface area (Å²) in [6.45, 7) is 3.98. The number of halogens is 1. The number of rotatable bonds is 5. The fourth-order valence-corrected chi connectivity index (χ4v) is 3.69. The highest BCUT2D eigenvalue weighted by molar-refractivity contribution is 6.30. The third-order valence-electron chi connectivity index (χ3n) is 4.89. The second kappa shape index (κ2) is 9.68. The first kappa shape index (κ1) is 20.3. The third-order valence-corrected chi connectivity index (χ3v) is 5.13. The highest BCUT2D eigenvalue weighted by atomic mass is 35.5. The van der Waals surface area contributed by atoms with Crippen LogP contribution in [0, 0.1) is 0 Å². The van der Waals surface area contributed by atoms with Crippen LogP contribution in [0.3, 0.4) is 0 Å². The van der Waals surface area contributed by atoms with E-state index >= 15 is 0 Å². The predicted octanol–water partition coefficient (Wildman–Crippen LogP) is 2.65. The summed E-state index contributed by atoms with van der Waals surface area (Å²) in [7, 11) is 1.49. The number of nitrogens with one attached hydrogen (secondary N) is 2. The fourth-order valence-electron chi connectivity index (χ4n) is 3.48. The molecule has 28 heavy (non-hydrogen) atoms. The summed E-state index contributed by atoms with van der Waals surface area (Å²) in [5.74, 6) is -0.311. The van der Waals surface area contributed by atoms with Gasteiger partial charge in [0, 0.05) is 44.8 Å². The lowest BCUT2D eigenvalue weighted by Gasteiger charge is -2.38. The summed E-state index contributed by atoms with van der Waals surface area (Å²) in [5, 5.41) is 5.60. The van der Waals surface area contributed by atoms with Gasteiger partial charge >= 0.3 is 6.03 Å². The lowest BCUT2D eigenvalue weighted by Crippen LogP contribution is -2.52. The molecule has 3 amide bonds. The van der Waals surface area contributed by atoms with E-state index < -0.39 is 12.1 Å². The van der Waals surface area contributed by atoms with Crippen LogP contribution in [0.5, 0.6) is 0 Å². The molecule has 1 aliphatic heterocycles. The summed E-state index contributed by atoms with van der Waals surface area (Å²) in [6, 6.07) is 16.5. The van der Waals surface area contributed by atoms with E-state index in [9.17, 15) is 9.59 Å². The Morgan fingerprint density at radius 2 is 1.75 bits per heavy atom. The van der Waals surface area contributed by atoms with Crippen molar-refractivity contribution in [2.24, 2.45) is 0 Å². The number of imide groups is 1. The molecule has 1 atom stereocenters. The average Bonchev–Trinajstić information content (AvgIpc) is 2.70. The molecule has 1 saturated heterocycles. The maximum atomic E-state index is 12.8. The van der Waals surface area contributed by atoms with Crippen LogP contribution in [0.2, 0.25) is 5.02 Å². The van der Waals surface area contributed by atoms with Crippen molar-refractivity contribution in [1.29, 1.82) is 0 Å². The summed E-state index contributed by atoms with van der Waals surface area (Å²) in [6.07, 6.45) is 0. The van der Waals surface area contributed by atoms with Crippen molar-refractivity contribution in [2.45, 2.75) is 12.6 Å². The molecule has 7 heteroatoms. The van der Waals surface area contributed by atoms with E-state index in [-0.39, 0.29) is 5.91 Å². The predicted molar refractivity (Wildman–Crippen MR) is 110 cm³/mol. The van der Waals surface area contributed by atoms with E-state index in [1.54, 1.807) is 0 Å². The number of benzene rings is 2. The van der Waals surface area contributed by atoms with Gasteiger partial charge in [0.15, 0.2) is 0 Å². The zero-order valence-electron chi connectivity index (χ0n) is 15.9. The first-order valence-electron chi connectivity index (χ1n) is 9.35. The molecule has 0 spiro atoms. The van der Waals surface area contributed by atoms with E-state index in [0.29, 0.717) is 0 Å². The normalized spacial score (nSPS) is 16.4. The van der Waals surface area contributed by atoms with Crippen LogP contribution in [0.1, 0.15) is 17.2 Å². The molecule has 0 radical (unpaired) electrons. The molecule has 0 unspecified atom stereocenters. The number of carbonyl (C=O) groups excluding carboxylic acids is 2. The van der Waals surface area contributed by atoms with Crippen molar-refractivity contribution in [1.82, 2.24) is 20.4 Å². The zero-order valence-corrected chi connectivity index (χ0v) is 16.7. The Morgan fingerprint density at radius 1 is 1.04 bits per heavy atom. The lowest BCUT2D eigenvalue weighted by molar-refractivity contribution is -0.126. The molecule has 0 saturated carbocycles. The SMILES string of the molecule is CNC(=O)NC(=O)[C@H](c1ccccc1)N1CCN(Cc2cccc(Cl)c2)CC1. The van der Waals surface area contributed by atoms with Crippen molar-refractivity contribution in [2.75, 3.05) is 33.2 Å². The molecule has 2 aromatic carbocycles. The topological polar surface area (TPSA) is 64.7 Å². The molecule has 1 aliphatic rings. The molecule has 1 heterocycles. The zero-order chi connectivity index (χ0) is 19.9. The highest BCUT2D eigenvalue weighted by Gasteiger charge is 2.31. The minimum atomic E-state index is -0.495. The Morgan fingerprint density at radius 3 is 2.39 bits per heavy atom. The molecule has 0 aliphatic carbocycles. The number of urea groups is 1. The number of hydrogen-bond donors (Lipinski definition) is 2. The van der Waals surface area contributed by atoms with Crippen molar-refractivity contribution in [3.8, 4) is 0 Å². The van der Waals surface area contributed by atoms with Gasteiger partial charge in [0.1, 0.15) is 6.04 Å². The molecular weight excluding hydrogens is 376 g/mol. The Kier molecular flexibility index (Phi) is 7.03. The second-order valence-electron chi connectivity index (χ2n) is 6.82. The van der Waals surface area contributed by atoms with Crippen LogP contribution in [0.4, 0.5) is 4.79 Å². The second-order valence-corrected chi connectivity index (χ2v) is 7.26. The van der Waals surface area contributed by atoms with Crippen molar-refractivity contribution < 1.29 is 9.59 Å². The Hall–Kier alpha value is -2.41. The van der Waals surface area contributed by atoms with Crippen LogP contribution in [-0.2, 0) is 11.3 Å². The van der Waals surface area contributed by atoms with Gasteiger partial charge in [0.05, 0.1) is 0 Å². The van der Waals surface area contributed by atoms with Crippen LogP contribution >= 0.6 is 11.6 Å². The number of amides is 3. The van der Waals surface area contributed by atoms with Gasteiger partial charge in [-0.15, -0.1) is 0 Å². The quantitative estimate of drug-likeness (QED) is 0.809. The number of hydrogen-bond acceptors (Lipinski definition) is 4. The maximum absolute atomic E-state index is 12.8. The Labute approximate surface area is 170 Å². The molecule has 0 bridgehead atoms. The minimum Gasteiger partial charge on any atom is -0.341 e. The van der Waals surface area contributed by atoms with E-state index in [2.05, 4.69) is 26.5 Å². The molecule has 3 rings (SSSR count). The largest absolute Gasteiger partial charge is 0.341 e. The van der Waals surface area contributed by atoms with Crippen LogP contribution in [-0.4, -0.2) is 55.0 Å². The van der Waals surface area contributed by atoms with Gasteiger partial charge < -0.3 is 5.32 Å². The van der Waals surface area contributed by atoms with Crippen molar-refractivity contribution in [3.05, 3.63) is 70.7 Å². The molecule has 0 aromatic heterocycles. The first-order valence-corrected chi connectivity index (χ1v) is 9.73. The van der Waals surface area contributed by atoms with Gasteiger partial charge in [0.2, 0.25) is 5.91 Å². The fraction of sp³-hybridized carbons (Fsp3) is 0.333. The van der Waals surface area contributed by atoms with E-state index in [1.165, 1.54) is 12.6 Å². The summed E-state index contributed by atoms with van der Waals surface area (Å²) < 4.78 is 0. The van der Waals surface area contributed by atoms with Crippen LogP contribution in [0.25, 0.3) is 0 Å². The van der Waals surface area contributed by atoms with Crippen molar-refractivity contribution in [3.63, 3.8) is 0 Å². The molecule has 2 aromatic rings. The molecule has 148 valence electrons. The number of nitrogens with zero attached hydrogens (tertiary/aromatic N) is 2. The monoisotopic (exact) mass is 400 g/mol. The Balaban J connectivity index is 1.67. The standard InChI is InChI=1S/C21H25ClN4O2/c1-23-21(28)24-20(27)19(17-7-3-2-4-8-17)26-12-10-25(11-13-26)15-16-6-5-9-18(22)14-16/h2-9,14,19H,10-13,15H2,1H3,(H2,23,24,27,28)/t19-/m0/s1. The smallest absolute Gasteiger partial charge is 0.321 e. The summed E-state index contributed by atoms with van der Waals surface area (Å²) >= 11 is 6.08. The van der Waals surface area contributed by atoms with E-state index in [4.69, 9.17) is 11.6 Å². The minimum absolute atomic E-state index is 0.311. The summed E-state index contributed by atoms with van der Waals surface area (Å²) in [4.78, 5) is 28.9. The highest BCUT2D eigenvalue weighted by Crippen LogP contribution is 2.23. The van der Waals surface area contributed by atoms with Crippen LogP contribution < -0.4 is 10.6 Å². The number of piperazine rings is 1. The lowest BCUT2D eigenvalue weighted by atomic mass is 10.0. The van der Waals surface area contributed by atoms with Gasteiger partial charge in [-0.2, -0.15) is 0 Å². The molecular formula is C21H25ClN4O2. The van der Waals surface area contributed by atoms with Gasteiger partial charge in [-0.1, -0.05) is 54.1 Å². The Bertz CT molecular complexity index is 807. The van der Waals surface area contributed by atoms with Crippen LogP contribution in [0.15, 0.2) is 54.6 Å². The summed E-state index contributed by atoms with van der Waals surface area (Å²) in [5.41, 5.74) is 2.06. The van der Waals surface area contributed by atoms with E-state index in [0.717, 1.165) is 43.3 Å². The molecule has 6 nitrogen and oxygen atoms in total. The number of carbonyl (C=O) groups is 2. The van der Waals surface area contributed by atoms with Gasteiger partial charge in [-0.25, -0.2) is 4.79 Å². The van der Waals surface area contributed by atoms with Gasteiger partial charge in [-0.3, -0.25) is 19.9 Å². The van der Waals surface area contributed by atoms with E-state index in [1.807, 2.05) is 48.5 Å². The molecule has 2 N–H and O–H groups in total. The maximum Gasteiger partial charge on any atom is 0.321 e. The van der Waals surface area contributed by atoms with Crippen molar-refractivity contribution >= 4 is 23.5 Å².